The molecule has 0 aliphatic heterocycles. The second-order valence-electron chi connectivity index (χ2n) is 7.86. The minimum absolute atomic E-state index is 0.00735. The van der Waals surface area contributed by atoms with E-state index in [2.05, 4.69) is 6.92 Å². The van der Waals surface area contributed by atoms with Crippen LogP contribution < -0.4 is 0 Å². The molecule has 0 spiro atoms. The van der Waals surface area contributed by atoms with E-state index in [1.54, 1.807) is 11.1 Å². The van der Waals surface area contributed by atoms with E-state index in [1.165, 1.54) is 19.3 Å². The zero-order valence-corrected chi connectivity index (χ0v) is 12.5. The summed E-state index contributed by atoms with van der Waals surface area (Å²) in [6.07, 6.45) is 9.67. The minimum Gasteiger partial charge on any atom is -0.393 e. The lowest BCUT2D eigenvalue weighted by molar-refractivity contribution is -0.129. The van der Waals surface area contributed by atoms with Crippen molar-refractivity contribution < 1.29 is 9.90 Å². The molecule has 2 nitrogen and oxygen atoms in total. The number of hydrogen-bond donors (Lipinski definition) is 1. The molecule has 5 atom stereocenters. The van der Waals surface area contributed by atoms with Gasteiger partial charge in [0.15, 0.2) is 0 Å². The first kappa shape index (κ1) is 13.1. The molecule has 2 heteroatoms. The smallest absolute Gasteiger partial charge is 0.139 e. The fraction of sp³-hybridized carbons (Fsp3) is 0.833. The van der Waals surface area contributed by atoms with Gasteiger partial charge in [0, 0.05) is 11.8 Å². The van der Waals surface area contributed by atoms with Crippen LogP contribution >= 0.6 is 0 Å². The number of Topliss-reactive ketones (excluding diaryl/α,β-unsaturated/α-hetero) is 1. The summed E-state index contributed by atoms with van der Waals surface area (Å²) in [5.41, 5.74) is 3.29. The maximum Gasteiger partial charge on any atom is 0.139 e. The molecule has 0 unspecified atom stereocenters. The number of rotatable bonds is 0. The SMILES string of the molecule is C[C@]12CC[C@@H]3C4=C(CC[C@H]3[C@@H]1CCC2=O)C[C@H](O)CC4. The Balaban J connectivity index is 1.65. The summed E-state index contributed by atoms with van der Waals surface area (Å²) in [6, 6.07) is 0. The van der Waals surface area contributed by atoms with E-state index in [4.69, 9.17) is 0 Å². The second-order valence-corrected chi connectivity index (χ2v) is 7.86. The van der Waals surface area contributed by atoms with Crippen molar-refractivity contribution in [2.45, 2.75) is 70.8 Å². The van der Waals surface area contributed by atoms with Crippen LogP contribution in [0.25, 0.3) is 0 Å². The summed E-state index contributed by atoms with van der Waals surface area (Å²) in [6.45, 7) is 2.25. The molecular weight excluding hydrogens is 248 g/mol. The van der Waals surface area contributed by atoms with E-state index in [1.807, 2.05) is 0 Å². The first-order valence-corrected chi connectivity index (χ1v) is 8.52. The number of carbonyl (C=O) groups is 1. The molecule has 0 aromatic heterocycles. The van der Waals surface area contributed by atoms with Gasteiger partial charge in [-0.1, -0.05) is 18.1 Å². The zero-order valence-electron chi connectivity index (χ0n) is 12.5. The molecule has 4 aliphatic carbocycles. The summed E-state index contributed by atoms with van der Waals surface area (Å²) in [7, 11) is 0. The Morgan fingerprint density at radius 1 is 1.10 bits per heavy atom. The lowest BCUT2D eigenvalue weighted by atomic mass is 9.54. The monoisotopic (exact) mass is 274 g/mol. The molecular formula is C18H26O2. The van der Waals surface area contributed by atoms with Crippen molar-refractivity contribution in [2.75, 3.05) is 0 Å². The van der Waals surface area contributed by atoms with Gasteiger partial charge in [0.1, 0.15) is 5.78 Å². The van der Waals surface area contributed by atoms with E-state index in [-0.39, 0.29) is 11.5 Å². The van der Waals surface area contributed by atoms with Crippen molar-refractivity contribution in [1.29, 1.82) is 0 Å². The summed E-state index contributed by atoms with van der Waals surface area (Å²) in [4.78, 5) is 12.3. The highest BCUT2D eigenvalue weighted by Gasteiger charge is 2.54. The van der Waals surface area contributed by atoms with Gasteiger partial charge < -0.3 is 5.11 Å². The Hall–Kier alpha value is -0.630. The highest BCUT2D eigenvalue weighted by molar-refractivity contribution is 5.87. The molecule has 2 fully saturated rings. The van der Waals surface area contributed by atoms with E-state index >= 15 is 0 Å². The maximum atomic E-state index is 12.3. The van der Waals surface area contributed by atoms with E-state index in [0.717, 1.165) is 50.4 Å². The minimum atomic E-state index is -0.0905. The molecule has 0 heterocycles. The Morgan fingerprint density at radius 3 is 2.80 bits per heavy atom. The number of aliphatic hydroxyl groups excluding tert-OH is 1. The number of fused-ring (bicyclic) bond motifs is 4. The predicted molar refractivity (Wildman–Crippen MR) is 78.2 cm³/mol. The Kier molecular flexibility index (Phi) is 2.89. The highest BCUT2D eigenvalue weighted by atomic mass is 16.3. The Labute approximate surface area is 121 Å². The lowest BCUT2D eigenvalue weighted by Gasteiger charge is -2.50. The molecule has 0 aromatic rings. The van der Waals surface area contributed by atoms with Gasteiger partial charge in [0.05, 0.1) is 6.10 Å². The quantitative estimate of drug-likeness (QED) is 0.685. The number of hydrogen-bond acceptors (Lipinski definition) is 2. The van der Waals surface area contributed by atoms with Crippen LogP contribution in [-0.4, -0.2) is 17.0 Å². The first-order chi connectivity index (χ1) is 9.59. The molecule has 0 bridgehead atoms. The zero-order chi connectivity index (χ0) is 13.9. The number of allylic oxidation sites excluding steroid dienone is 1. The first-order valence-electron chi connectivity index (χ1n) is 8.52. The van der Waals surface area contributed by atoms with Gasteiger partial charge in [0.2, 0.25) is 0 Å². The van der Waals surface area contributed by atoms with Crippen molar-refractivity contribution in [1.82, 2.24) is 0 Å². The van der Waals surface area contributed by atoms with Crippen LogP contribution in [0, 0.1) is 23.2 Å². The Bertz CT molecular complexity index is 478. The lowest BCUT2D eigenvalue weighted by Crippen LogP contribution is -2.44. The van der Waals surface area contributed by atoms with Crippen LogP contribution in [0.1, 0.15) is 64.7 Å². The summed E-state index contributed by atoms with van der Waals surface area (Å²) in [5, 5.41) is 9.89. The molecule has 2 saturated carbocycles. The van der Waals surface area contributed by atoms with E-state index in [0.29, 0.717) is 11.7 Å². The molecule has 0 radical (unpaired) electrons. The molecule has 0 saturated heterocycles. The van der Waals surface area contributed by atoms with Gasteiger partial charge in [-0.25, -0.2) is 0 Å². The van der Waals surface area contributed by atoms with Gasteiger partial charge in [-0.3, -0.25) is 4.79 Å². The van der Waals surface area contributed by atoms with Gasteiger partial charge in [0.25, 0.3) is 0 Å². The summed E-state index contributed by atoms with van der Waals surface area (Å²) >= 11 is 0. The molecule has 4 aliphatic rings. The van der Waals surface area contributed by atoms with Crippen molar-refractivity contribution >= 4 is 5.78 Å². The third kappa shape index (κ3) is 1.70. The van der Waals surface area contributed by atoms with Crippen LogP contribution in [0.4, 0.5) is 0 Å². The van der Waals surface area contributed by atoms with Crippen LogP contribution in [0.2, 0.25) is 0 Å². The standard InChI is InChI=1S/C18H26O2/c1-18-9-8-14-13-5-3-12(19)10-11(13)2-4-15(14)16(18)6-7-17(18)20/h12,14-16,19H,2-10H2,1H3/t12-,14-,15-,16+,18+/m1/s1. The molecule has 1 N–H and O–H groups in total. The van der Waals surface area contributed by atoms with Gasteiger partial charge in [-0.15, -0.1) is 0 Å². The molecule has 4 rings (SSSR count). The highest BCUT2D eigenvalue weighted by Crippen LogP contribution is 2.59. The average molecular weight is 274 g/mol. The normalized spacial score (nSPS) is 47.8. The van der Waals surface area contributed by atoms with Gasteiger partial charge >= 0.3 is 0 Å². The van der Waals surface area contributed by atoms with Gasteiger partial charge in [-0.2, -0.15) is 0 Å². The molecule has 110 valence electrons. The number of carbonyl (C=O) groups excluding carboxylic acids is 1. The van der Waals surface area contributed by atoms with Crippen molar-refractivity contribution in [2.24, 2.45) is 23.2 Å². The Morgan fingerprint density at radius 2 is 1.95 bits per heavy atom. The van der Waals surface area contributed by atoms with Crippen molar-refractivity contribution in [3.05, 3.63) is 11.1 Å². The van der Waals surface area contributed by atoms with Crippen LogP contribution in [0.5, 0.6) is 0 Å². The fourth-order valence-electron chi connectivity index (χ4n) is 5.96. The summed E-state index contributed by atoms with van der Waals surface area (Å²) < 4.78 is 0. The van der Waals surface area contributed by atoms with Crippen LogP contribution in [0.3, 0.4) is 0 Å². The van der Waals surface area contributed by atoms with Gasteiger partial charge in [-0.05, 0) is 69.1 Å². The number of aliphatic hydroxyl groups is 1. The molecule has 0 aromatic carbocycles. The number of ketones is 1. The van der Waals surface area contributed by atoms with Crippen LogP contribution in [0.15, 0.2) is 11.1 Å². The van der Waals surface area contributed by atoms with Crippen molar-refractivity contribution in [3.63, 3.8) is 0 Å². The average Bonchev–Trinajstić information content (AvgIpc) is 2.74. The second kappa shape index (κ2) is 4.43. The topological polar surface area (TPSA) is 37.3 Å². The van der Waals surface area contributed by atoms with Crippen LogP contribution in [-0.2, 0) is 4.79 Å². The summed E-state index contributed by atoms with van der Waals surface area (Å²) in [5.74, 6) is 2.69. The third-order valence-corrected chi connectivity index (χ3v) is 7.06. The molecule has 20 heavy (non-hydrogen) atoms. The fourth-order valence-corrected chi connectivity index (χ4v) is 5.96. The van der Waals surface area contributed by atoms with E-state index in [9.17, 15) is 9.90 Å². The largest absolute Gasteiger partial charge is 0.393 e. The van der Waals surface area contributed by atoms with E-state index < -0.39 is 0 Å². The van der Waals surface area contributed by atoms with Crippen molar-refractivity contribution in [3.8, 4) is 0 Å². The maximum absolute atomic E-state index is 12.3. The third-order valence-electron chi connectivity index (χ3n) is 7.06. The predicted octanol–water partition coefficient (Wildman–Crippen LogP) is 3.63. The molecule has 0 amide bonds.